The van der Waals surface area contributed by atoms with Crippen LogP contribution in [0.25, 0.3) is 0 Å². The Morgan fingerprint density at radius 1 is 1.29 bits per heavy atom. The van der Waals surface area contributed by atoms with E-state index in [0.717, 1.165) is 0 Å². The molecule has 1 amide bonds. The summed E-state index contributed by atoms with van der Waals surface area (Å²) in [7, 11) is 0. The molecule has 2 rings (SSSR count). The Balaban J connectivity index is 2.38. The number of nitrogens with zero attached hydrogens (tertiary/aromatic N) is 2. The molecule has 7 heteroatoms. The van der Waals surface area contributed by atoms with Crippen molar-refractivity contribution < 1.29 is 14.3 Å². The molecule has 6 nitrogen and oxygen atoms in total. The number of ether oxygens (including phenoxy) is 2. The molecule has 0 unspecified atom stereocenters. The second-order valence-corrected chi connectivity index (χ2v) is 4.98. The Bertz CT molecular complexity index is 787. The van der Waals surface area contributed by atoms with E-state index in [9.17, 15) is 10.1 Å². The molecule has 0 aliphatic heterocycles. The number of halogens is 1. The maximum absolute atomic E-state index is 12.4. The highest BCUT2D eigenvalue weighted by Crippen LogP contribution is 2.34. The third kappa shape index (κ3) is 3.94. The minimum atomic E-state index is -0.462. The highest BCUT2D eigenvalue weighted by Gasteiger charge is 2.16. The van der Waals surface area contributed by atoms with E-state index < -0.39 is 5.91 Å². The Labute approximate surface area is 145 Å². The van der Waals surface area contributed by atoms with Crippen molar-refractivity contribution in [2.45, 2.75) is 13.8 Å². The van der Waals surface area contributed by atoms with Gasteiger partial charge in [-0.05, 0) is 26.0 Å². The van der Waals surface area contributed by atoms with E-state index >= 15 is 0 Å². The summed E-state index contributed by atoms with van der Waals surface area (Å²) >= 11 is 5.92. The second-order valence-electron chi connectivity index (χ2n) is 4.62. The molecule has 124 valence electrons. The van der Waals surface area contributed by atoms with Crippen molar-refractivity contribution >= 4 is 23.2 Å². The molecule has 1 N–H and O–H groups in total. The number of hydrogen-bond donors (Lipinski definition) is 1. The summed E-state index contributed by atoms with van der Waals surface area (Å²) in [6.45, 7) is 4.53. The summed E-state index contributed by atoms with van der Waals surface area (Å²) in [6.07, 6.45) is 1.49. The van der Waals surface area contributed by atoms with Gasteiger partial charge in [-0.3, -0.25) is 4.79 Å². The maximum atomic E-state index is 12.4. The lowest BCUT2D eigenvalue weighted by Gasteiger charge is -2.14. The van der Waals surface area contributed by atoms with Crippen molar-refractivity contribution in [1.29, 1.82) is 5.26 Å². The molecule has 0 radical (unpaired) electrons. The lowest BCUT2D eigenvalue weighted by molar-refractivity contribution is 0.102. The Kier molecular flexibility index (Phi) is 5.99. The third-order valence-electron chi connectivity index (χ3n) is 3.06. The minimum absolute atomic E-state index is 0.0875. The molecule has 1 heterocycles. The van der Waals surface area contributed by atoms with Crippen molar-refractivity contribution in [3.63, 3.8) is 0 Å². The first-order valence-corrected chi connectivity index (χ1v) is 7.74. The summed E-state index contributed by atoms with van der Waals surface area (Å²) in [5.74, 6) is 0.440. The number of carbonyl (C=O) groups is 1. The van der Waals surface area contributed by atoms with E-state index in [0.29, 0.717) is 30.4 Å². The van der Waals surface area contributed by atoms with Gasteiger partial charge in [-0.2, -0.15) is 5.26 Å². The summed E-state index contributed by atoms with van der Waals surface area (Å²) in [5, 5.41) is 12.1. The van der Waals surface area contributed by atoms with Crippen molar-refractivity contribution in [1.82, 2.24) is 4.98 Å². The molecule has 1 aromatic heterocycles. The largest absolute Gasteiger partial charge is 0.490 e. The van der Waals surface area contributed by atoms with Crippen molar-refractivity contribution in [2.75, 3.05) is 18.5 Å². The SMILES string of the molecule is CCOc1cc(C#N)c(NC(=O)c2cccnc2Cl)cc1OCC. The molecule has 24 heavy (non-hydrogen) atoms. The molecular formula is C17H16ClN3O3. The maximum Gasteiger partial charge on any atom is 0.258 e. The lowest BCUT2D eigenvalue weighted by atomic mass is 10.1. The molecule has 0 atom stereocenters. The summed E-state index contributed by atoms with van der Waals surface area (Å²) in [4.78, 5) is 16.2. The number of carbonyl (C=O) groups excluding carboxylic acids is 1. The average Bonchev–Trinajstić information content (AvgIpc) is 2.57. The van der Waals surface area contributed by atoms with Gasteiger partial charge in [-0.25, -0.2) is 4.98 Å². The van der Waals surface area contributed by atoms with Gasteiger partial charge < -0.3 is 14.8 Å². The molecule has 2 aromatic rings. The van der Waals surface area contributed by atoms with Gasteiger partial charge in [0.1, 0.15) is 11.2 Å². The zero-order valence-electron chi connectivity index (χ0n) is 13.3. The highest BCUT2D eigenvalue weighted by atomic mass is 35.5. The molecule has 0 saturated heterocycles. The number of nitriles is 1. The van der Waals surface area contributed by atoms with Crippen LogP contribution >= 0.6 is 11.6 Å². The van der Waals surface area contributed by atoms with Crippen LogP contribution in [0.2, 0.25) is 5.15 Å². The number of benzene rings is 1. The van der Waals surface area contributed by atoms with E-state index in [4.69, 9.17) is 21.1 Å². The first-order valence-electron chi connectivity index (χ1n) is 7.36. The van der Waals surface area contributed by atoms with Gasteiger partial charge in [0.2, 0.25) is 0 Å². The van der Waals surface area contributed by atoms with Crippen molar-refractivity contribution in [2.24, 2.45) is 0 Å². The van der Waals surface area contributed by atoms with Crippen LogP contribution in [0, 0.1) is 11.3 Å². The molecular weight excluding hydrogens is 330 g/mol. The van der Waals surface area contributed by atoms with Gasteiger partial charge in [0.15, 0.2) is 11.5 Å². The van der Waals surface area contributed by atoms with Crippen molar-refractivity contribution in [3.05, 3.63) is 46.7 Å². The van der Waals surface area contributed by atoms with E-state index in [1.807, 2.05) is 19.9 Å². The van der Waals surface area contributed by atoms with Crippen LogP contribution in [0.15, 0.2) is 30.5 Å². The molecule has 0 aliphatic rings. The van der Waals surface area contributed by atoms with Crippen molar-refractivity contribution in [3.8, 4) is 17.6 Å². The molecule has 0 bridgehead atoms. The fraction of sp³-hybridized carbons (Fsp3) is 0.235. The number of aromatic nitrogens is 1. The average molecular weight is 346 g/mol. The quantitative estimate of drug-likeness (QED) is 0.808. The fourth-order valence-corrected chi connectivity index (χ4v) is 2.24. The summed E-state index contributed by atoms with van der Waals surface area (Å²) in [6, 6.07) is 8.29. The van der Waals surface area contributed by atoms with E-state index in [-0.39, 0.29) is 16.3 Å². The van der Waals surface area contributed by atoms with Gasteiger partial charge in [-0.15, -0.1) is 0 Å². The van der Waals surface area contributed by atoms with Gasteiger partial charge in [0, 0.05) is 18.3 Å². The number of hydrogen-bond acceptors (Lipinski definition) is 5. The first-order chi connectivity index (χ1) is 11.6. The van der Waals surface area contributed by atoms with Gasteiger partial charge >= 0.3 is 0 Å². The minimum Gasteiger partial charge on any atom is -0.490 e. The highest BCUT2D eigenvalue weighted by molar-refractivity contribution is 6.33. The van der Waals surface area contributed by atoms with Crippen LogP contribution in [0.1, 0.15) is 29.8 Å². The molecule has 0 saturated carbocycles. The Hall–Kier alpha value is -2.78. The van der Waals surface area contributed by atoms with E-state index in [2.05, 4.69) is 10.3 Å². The standard InChI is InChI=1S/C17H16ClN3O3/c1-3-23-14-8-11(10-19)13(9-15(14)24-4-2)21-17(22)12-6-5-7-20-16(12)18/h5-9H,3-4H2,1-2H3,(H,21,22). The number of rotatable bonds is 6. The van der Waals surface area contributed by atoms with Crippen LogP contribution in [0.3, 0.4) is 0 Å². The zero-order valence-corrected chi connectivity index (χ0v) is 14.1. The molecule has 0 fully saturated rings. The lowest BCUT2D eigenvalue weighted by Crippen LogP contribution is -2.14. The Morgan fingerprint density at radius 3 is 2.54 bits per heavy atom. The smallest absolute Gasteiger partial charge is 0.258 e. The number of amides is 1. The predicted octanol–water partition coefficient (Wildman–Crippen LogP) is 3.66. The van der Waals surface area contributed by atoms with Gasteiger partial charge in [-0.1, -0.05) is 11.6 Å². The number of pyridine rings is 1. The van der Waals surface area contributed by atoms with Crippen LogP contribution in [-0.2, 0) is 0 Å². The monoisotopic (exact) mass is 345 g/mol. The van der Waals surface area contributed by atoms with Crippen LogP contribution in [0.4, 0.5) is 5.69 Å². The normalized spacial score (nSPS) is 9.92. The van der Waals surface area contributed by atoms with E-state index in [1.165, 1.54) is 12.3 Å². The third-order valence-corrected chi connectivity index (χ3v) is 3.36. The fourth-order valence-electron chi connectivity index (χ4n) is 2.04. The Morgan fingerprint density at radius 2 is 1.96 bits per heavy atom. The summed E-state index contributed by atoms with van der Waals surface area (Å²) in [5.41, 5.74) is 0.791. The second kappa shape index (κ2) is 8.18. The van der Waals surface area contributed by atoms with Gasteiger partial charge in [0.05, 0.1) is 30.0 Å². The van der Waals surface area contributed by atoms with E-state index in [1.54, 1.807) is 18.2 Å². The van der Waals surface area contributed by atoms with Crippen LogP contribution in [0.5, 0.6) is 11.5 Å². The molecule has 1 aromatic carbocycles. The summed E-state index contributed by atoms with van der Waals surface area (Å²) < 4.78 is 11.0. The number of nitrogens with one attached hydrogen (secondary N) is 1. The molecule has 0 spiro atoms. The predicted molar refractivity (Wildman–Crippen MR) is 90.7 cm³/mol. The van der Waals surface area contributed by atoms with Crippen LogP contribution in [-0.4, -0.2) is 24.1 Å². The number of anilines is 1. The topological polar surface area (TPSA) is 84.2 Å². The molecule has 0 aliphatic carbocycles. The zero-order chi connectivity index (χ0) is 17.5. The van der Waals surface area contributed by atoms with Gasteiger partial charge in [0.25, 0.3) is 5.91 Å². The van der Waals surface area contributed by atoms with Crippen LogP contribution < -0.4 is 14.8 Å². The first kappa shape index (κ1) is 17.6.